The molecule has 0 aromatic heterocycles. The quantitative estimate of drug-likeness (QED) is 0.699. The first-order chi connectivity index (χ1) is 15.0. The van der Waals surface area contributed by atoms with Crippen LogP contribution >= 0.6 is 0 Å². The number of nitriles is 1. The van der Waals surface area contributed by atoms with Gasteiger partial charge in [0.05, 0.1) is 23.5 Å². The molecular formula is C24H23N3O4. The first kappa shape index (κ1) is 20.8. The maximum atomic E-state index is 13.4. The first-order valence-electron chi connectivity index (χ1n) is 10.4. The Morgan fingerprint density at radius 2 is 1.81 bits per heavy atom. The Labute approximate surface area is 180 Å². The largest absolute Gasteiger partial charge is 0.480 e. The summed E-state index contributed by atoms with van der Waals surface area (Å²) in [6.45, 7) is 2.25. The molecule has 2 aromatic rings. The third-order valence-corrected chi connectivity index (χ3v) is 6.35. The highest BCUT2D eigenvalue weighted by Gasteiger charge is 2.69. The molecule has 2 heterocycles. The van der Waals surface area contributed by atoms with Gasteiger partial charge in [0.25, 0.3) is 0 Å². The van der Waals surface area contributed by atoms with Crippen molar-refractivity contribution >= 4 is 17.8 Å². The monoisotopic (exact) mass is 417 g/mol. The highest BCUT2D eigenvalue weighted by molar-refractivity contribution is 6.09. The van der Waals surface area contributed by atoms with Crippen molar-refractivity contribution in [1.82, 2.24) is 10.2 Å². The van der Waals surface area contributed by atoms with Crippen LogP contribution in [0.1, 0.15) is 42.5 Å². The van der Waals surface area contributed by atoms with E-state index in [1.807, 2.05) is 6.92 Å². The van der Waals surface area contributed by atoms with Crippen molar-refractivity contribution in [2.45, 2.75) is 31.3 Å². The van der Waals surface area contributed by atoms with Gasteiger partial charge < -0.3 is 5.11 Å². The van der Waals surface area contributed by atoms with Gasteiger partial charge in [-0.15, -0.1) is 0 Å². The van der Waals surface area contributed by atoms with E-state index in [2.05, 4.69) is 11.4 Å². The molecule has 2 amide bonds. The van der Waals surface area contributed by atoms with Crippen molar-refractivity contribution in [3.05, 3.63) is 71.3 Å². The molecule has 2 fully saturated rings. The molecule has 0 aliphatic carbocycles. The summed E-state index contributed by atoms with van der Waals surface area (Å²) in [6, 6.07) is 16.6. The van der Waals surface area contributed by atoms with E-state index in [4.69, 9.17) is 5.26 Å². The summed E-state index contributed by atoms with van der Waals surface area (Å²) in [4.78, 5) is 40.8. The zero-order valence-electron chi connectivity index (χ0n) is 17.1. The van der Waals surface area contributed by atoms with Crippen LogP contribution in [0.15, 0.2) is 54.6 Å². The summed E-state index contributed by atoms with van der Waals surface area (Å²) >= 11 is 0. The van der Waals surface area contributed by atoms with Crippen molar-refractivity contribution in [3.63, 3.8) is 0 Å². The first-order valence-corrected chi connectivity index (χ1v) is 10.4. The number of carboxylic acid groups (broad SMARTS) is 1. The predicted molar refractivity (Wildman–Crippen MR) is 111 cm³/mol. The lowest BCUT2D eigenvalue weighted by atomic mass is 9.75. The number of hydrogen-bond donors (Lipinski definition) is 2. The number of fused-ring (bicyclic) bond motifs is 1. The van der Waals surface area contributed by atoms with Crippen LogP contribution < -0.4 is 5.32 Å². The van der Waals surface area contributed by atoms with Crippen LogP contribution in [0, 0.1) is 23.2 Å². The number of likely N-dealkylation sites (tertiary alicyclic amines) is 1. The van der Waals surface area contributed by atoms with Gasteiger partial charge in [-0.25, -0.2) is 4.79 Å². The van der Waals surface area contributed by atoms with E-state index in [1.165, 1.54) is 4.90 Å². The average Bonchev–Trinajstić information content (AvgIpc) is 3.28. The Morgan fingerprint density at radius 1 is 1.13 bits per heavy atom. The normalized spacial score (nSPS) is 27.2. The minimum absolute atomic E-state index is 0.283. The zero-order valence-corrected chi connectivity index (χ0v) is 17.1. The number of benzene rings is 2. The fourth-order valence-electron chi connectivity index (χ4n) is 4.84. The maximum absolute atomic E-state index is 13.4. The van der Waals surface area contributed by atoms with Gasteiger partial charge in [-0.3, -0.25) is 19.8 Å². The van der Waals surface area contributed by atoms with E-state index in [-0.39, 0.29) is 12.5 Å². The molecule has 2 aromatic carbocycles. The molecule has 2 aliphatic heterocycles. The molecule has 2 aliphatic rings. The van der Waals surface area contributed by atoms with Crippen LogP contribution in [0.3, 0.4) is 0 Å². The molecule has 7 heteroatoms. The number of imide groups is 1. The molecule has 0 saturated carbocycles. The lowest BCUT2D eigenvalue weighted by Gasteiger charge is -2.31. The van der Waals surface area contributed by atoms with Gasteiger partial charge in [-0.05, 0) is 29.7 Å². The van der Waals surface area contributed by atoms with Crippen LogP contribution in [0.2, 0.25) is 0 Å². The summed E-state index contributed by atoms with van der Waals surface area (Å²) in [5.74, 6) is -3.88. The average molecular weight is 417 g/mol. The van der Waals surface area contributed by atoms with Gasteiger partial charge in [0.1, 0.15) is 0 Å². The smallest absolute Gasteiger partial charge is 0.329 e. The second-order valence-electron chi connectivity index (χ2n) is 8.02. The SMILES string of the molecule is CCCCN1C(=O)C2C(c3ccc(C#N)cc3)NC(C(=O)O)(c3ccccc3)C2C1=O. The molecule has 158 valence electrons. The molecule has 0 bridgehead atoms. The number of carbonyl (C=O) groups excluding carboxylic acids is 2. The van der Waals surface area contributed by atoms with Gasteiger partial charge in [-0.2, -0.15) is 5.26 Å². The number of nitrogens with one attached hydrogen (secondary N) is 1. The predicted octanol–water partition coefficient (Wildman–Crippen LogP) is 2.58. The van der Waals surface area contributed by atoms with Crippen LogP contribution in [0.25, 0.3) is 0 Å². The van der Waals surface area contributed by atoms with Gasteiger partial charge in [-0.1, -0.05) is 55.8 Å². The number of unbranched alkanes of at least 4 members (excludes halogenated alkanes) is 1. The zero-order chi connectivity index (χ0) is 22.2. The van der Waals surface area contributed by atoms with E-state index in [0.29, 0.717) is 23.1 Å². The third kappa shape index (κ3) is 3.11. The summed E-state index contributed by atoms with van der Waals surface area (Å²) < 4.78 is 0. The molecule has 2 saturated heterocycles. The molecule has 2 N–H and O–H groups in total. The van der Waals surface area contributed by atoms with Gasteiger partial charge in [0.2, 0.25) is 11.8 Å². The van der Waals surface area contributed by atoms with E-state index >= 15 is 0 Å². The lowest BCUT2D eigenvalue weighted by molar-refractivity contribution is -0.152. The summed E-state index contributed by atoms with van der Waals surface area (Å²) in [7, 11) is 0. The Kier molecular flexibility index (Phi) is 5.34. The third-order valence-electron chi connectivity index (χ3n) is 6.35. The minimum atomic E-state index is -1.72. The fourth-order valence-corrected chi connectivity index (χ4v) is 4.84. The molecule has 0 radical (unpaired) electrons. The number of hydrogen-bond acceptors (Lipinski definition) is 5. The maximum Gasteiger partial charge on any atom is 0.329 e. The fraction of sp³-hybridized carbons (Fsp3) is 0.333. The van der Waals surface area contributed by atoms with Crippen LogP contribution in [-0.4, -0.2) is 34.3 Å². The van der Waals surface area contributed by atoms with Crippen molar-refractivity contribution in [3.8, 4) is 6.07 Å². The van der Waals surface area contributed by atoms with Crippen molar-refractivity contribution in [2.24, 2.45) is 11.8 Å². The van der Waals surface area contributed by atoms with E-state index in [0.717, 1.165) is 6.42 Å². The van der Waals surface area contributed by atoms with E-state index in [9.17, 15) is 19.5 Å². The molecule has 31 heavy (non-hydrogen) atoms. The number of carbonyl (C=O) groups is 3. The van der Waals surface area contributed by atoms with Crippen molar-refractivity contribution in [2.75, 3.05) is 6.54 Å². The van der Waals surface area contributed by atoms with Gasteiger partial charge >= 0.3 is 5.97 Å². The highest BCUT2D eigenvalue weighted by atomic mass is 16.4. The summed E-state index contributed by atoms with van der Waals surface area (Å²) in [6.07, 6.45) is 1.48. The topological polar surface area (TPSA) is 110 Å². The molecule has 4 rings (SSSR count). The van der Waals surface area contributed by atoms with E-state index < -0.39 is 35.3 Å². The Morgan fingerprint density at radius 3 is 2.39 bits per heavy atom. The van der Waals surface area contributed by atoms with Crippen LogP contribution in [0.5, 0.6) is 0 Å². The summed E-state index contributed by atoms with van der Waals surface area (Å²) in [5, 5.41) is 22.6. The minimum Gasteiger partial charge on any atom is -0.480 e. The van der Waals surface area contributed by atoms with E-state index in [1.54, 1.807) is 54.6 Å². The number of amides is 2. The van der Waals surface area contributed by atoms with Crippen LogP contribution in [-0.2, 0) is 19.9 Å². The van der Waals surface area contributed by atoms with Crippen molar-refractivity contribution in [1.29, 1.82) is 5.26 Å². The van der Waals surface area contributed by atoms with Gasteiger partial charge in [0.15, 0.2) is 5.54 Å². The van der Waals surface area contributed by atoms with Crippen molar-refractivity contribution < 1.29 is 19.5 Å². The molecule has 7 nitrogen and oxygen atoms in total. The molecule has 4 atom stereocenters. The standard InChI is InChI=1S/C24H23N3O4/c1-2-3-13-27-21(28)18-19(22(27)29)24(23(30)31,17-7-5-4-6-8-17)26-20(18)16-11-9-15(14-25)10-12-16/h4-12,18-20,26H,2-3,13H2,1H3,(H,30,31). The number of aliphatic carboxylic acids is 1. The molecule has 4 unspecified atom stereocenters. The number of carboxylic acids is 1. The Bertz CT molecular complexity index is 1060. The van der Waals surface area contributed by atoms with Gasteiger partial charge in [0, 0.05) is 12.6 Å². The lowest BCUT2D eigenvalue weighted by Crippen LogP contribution is -2.53. The molecule has 0 spiro atoms. The highest BCUT2D eigenvalue weighted by Crippen LogP contribution is 2.53. The Balaban J connectivity index is 1.87. The van der Waals surface area contributed by atoms with Crippen LogP contribution in [0.4, 0.5) is 0 Å². The second-order valence-corrected chi connectivity index (χ2v) is 8.02. The summed E-state index contributed by atoms with van der Waals surface area (Å²) in [5.41, 5.74) is -0.152. The Hall–Kier alpha value is -3.50. The molecular weight excluding hydrogens is 394 g/mol. The second kappa shape index (κ2) is 7.97. The number of rotatable bonds is 6. The number of nitrogens with zero attached hydrogens (tertiary/aromatic N) is 2.